The lowest BCUT2D eigenvalue weighted by Crippen LogP contribution is -2.37. The smallest absolute Gasteiger partial charge is 0.0965 e. The van der Waals surface area contributed by atoms with Crippen molar-refractivity contribution in [2.45, 2.75) is 19.4 Å². The first kappa shape index (κ1) is 14.0. The quantitative estimate of drug-likeness (QED) is 0.851. The Hall–Kier alpha value is -2.00. The van der Waals surface area contributed by atoms with Crippen molar-refractivity contribution in [3.63, 3.8) is 0 Å². The maximum atomic E-state index is 10.5. The number of nitrogens with zero attached hydrogens (tertiary/aromatic N) is 1. The molecule has 3 N–H and O–H groups in total. The van der Waals surface area contributed by atoms with E-state index in [1.54, 1.807) is 0 Å². The molecule has 0 radical (unpaired) electrons. The van der Waals surface area contributed by atoms with Gasteiger partial charge in [0.25, 0.3) is 0 Å². The Labute approximate surface area is 126 Å². The van der Waals surface area contributed by atoms with Gasteiger partial charge in [-0.05, 0) is 41.7 Å². The van der Waals surface area contributed by atoms with Gasteiger partial charge in [-0.15, -0.1) is 0 Å². The molecule has 1 heterocycles. The van der Waals surface area contributed by atoms with Crippen LogP contribution in [0, 0.1) is 5.92 Å². The summed E-state index contributed by atoms with van der Waals surface area (Å²) in [6.07, 6.45) is 0.591. The molecule has 0 fully saturated rings. The summed E-state index contributed by atoms with van der Waals surface area (Å²) in [6, 6.07) is 16.0. The average Bonchev–Trinajstić information content (AvgIpc) is 2.47. The van der Waals surface area contributed by atoms with E-state index in [4.69, 9.17) is 5.73 Å². The molecule has 2 unspecified atom stereocenters. The Bertz CT molecular complexity index is 626. The summed E-state index contributed by atoms with van der Waals surface area (Å²) in [4.78, 5) is 2.29. The number of nitrogen functional groups attached to an aromatic ring is 1. The second kappa shape index (κ2) is 5.78. The molecule has 3 nitrogen and oxygen atoms in total. The van der Waals surface area contributed by atoms with Crippen LogP contribution in [0.25, 0.3) is 0 Å². The Morgan fingerprint density at radius 1 is 1.24 bits per heavy atom. The van der Waals surface area contributed by atoms with E-state index in [0.29, 0.717) is 18.2 Å². The van der Waals surface area contributed by atoms with Gasteiger partial charge in [-0.2, -0.15) is 0 Å². The Morgan fingerprint density at radius 2 is 2.05 bits per heavy atom. The molecule has 21 heavy (non-hydrogen) atoms. The van der Waals surface area contributed by atoms with E-state index < -0.39 is 6.10 Å². The zero-order chi connectivity index (χ0) is 14.8. The molecule has 0 amide bonds. The number of hydrogen-bond donors (Lipinski definition) is 2. The molecule has 1 aliphatic rings. The zero-order valence-electron chi connectivity index (χ0n) is 12.4. The monoisotopic (exact) mass is 282 g/mol. The van der Waals surface area contributed by atoms with Gasteiger partial charge < -0.3 is 15.7 Å². The van der Waals surface area contributed by atoms with Gasteiger partial charge >= 0.3 is 0 Å². The first-order chi connectivity index (χ1) is 10.1. The SMILES string of the molecule is CC1Cc2ccccc2N(CC(O)c2cccc(N)c2)C1. The normalized spacial score (nSPS) is 19.1. The lowest BCUT2D eigenvalue weighted by molar-refractivity contribution is 0.181. The molecule has 2 atom stereocenters. The molecule has 0 spiro atoms. The lowest BCUT2D eigenvalue weighted by Gasteiger charge is -2.36. The van der Waals surface area contributed by atoms with Crippen LogP contribution >= 0.6 is 0 Å². The van der Waals surface area contributed by atoms with Crippen molar-refractivity contribution in [3.05, 3.63) is 59.7 Å². The number of anilines is 2. The molecule has 2 aromatic rings. The van der Waals surface area contributed by atoms with Gasteiger partial charge in [-0.3, -0.25) is 0 Å². The number of para-hydroxylation sites is 1. The molecular formula is C18H22N2O. The van der Waals surface area contributed by atoms with Crippen LogP contribution in [0.5, 0.6) is 0 Å². The van der Waals surface area contributed by atoms with Crippen LogP contribution in [-0.2, 0) is 6.42 Å². The zero-order valence-corrected chi connectivity index (χ0v) is 12.4. The summed E-state index contributed by atoms with van der Waals surface area (Å²) < 4.78 is 0. The van der Waals surface area contributed by atoms with Gasteiger partial charge in [-0.25, -0.2) is 0 Å². The highest BCUT2D eigenvalue weighted by molar-refractivity contribution is 5.56. The predicted octanol–water partition coefficient (Wildman–Crippen LogP) is 3.00. The van der Waals surface area contributed by atoms with Crippen molar-refractivity contribution in [2.75, 3.05) is 23.7 Å². The fourth-order valence-electron chi connectivity index (χ4n) is 3.16. The number of fused-ring (bicyclic) bond motifs is 1. The maximum Gasteiger partial charge on any atom is 0.0965 e. The number of benzene rings is 2. The van der Waals surface area contributed by atoms with Gasteiger partial charge in [-0.1, -0.05) is 37.3 Å². The van der Waals surface area contributed by atoms with Crippen molar-refractivity contribution in [1.82, 2.24) is 0 Å². The van der Waals surface area contributed by atoms with E-state index in [2.05, 4.69) is 36.1 Å². The number of rotatable bonds is 3. The number of aliphatic hydroxyl groups excluding tert-OH is 1. The Morgan fingerprint density at radius 3 is 2.86 bits per heavy atom. The van der Waals surface area contributed by atoms with Crippen LogP contribution in [0.1, 0.15) is 24.2 Å². The Balaban J connectivity index is 1.81. The van der Waals surface area contributed by atoms with Crippen LogP contribution in [0.2, 0.25) is 0 Å². The minimum Gasteiger partial charge on any atom is -0.399 e. The highest BCUT2D eigenvalue weighted by atomic mass is 16.3. The van der Waals surface area contributed by atoms with Gasteiger partial charge in [0, 0.05) is 24.5 Å². The first-order valence-corrected chi connectivity index (χ1v) is 7.50. The maximum absolute atomic E-state index is 10.5. The largest absolute Gasteiger partial charge is 0.399 e. The third-order valence-corrected chi connectivity index (χ3v) is 4.12. The highest BCUT2D eigenvalue weighted by Gasteiger charge is 2.23. The number of β-amino-alcohol motifs (C(OH)–C–C–N with tert-alkyl or cyclic N) is 1. The second-order valence-corrected chi connectivity index (χ2v) is 6.03. The van der Waals surface area contributed by atoms with E-state index in [1.165, 1.54) is 11.3 Å². The minimum atomic E-state index is -0.521. The van der Waals surface area contributed by atoms with Gasteiger partial charge in [0.15, 0.2) is 0 Å². The van der Waals surface area contributed by atoms with E-state index in [0.717, 1.165) is 18.5 Å². The topological polar surface area (TPSA) is 49.5 Å². The number of aliphatic hydroxyl groups is 1. The number of hydrogen-bond acceptors (Lipinski definition) is 3. The molecule has 3 rings (SSSR count). The molecule has 0 saturated heterocycles. The summed E-state index contributed by atoms with van der Waals surface area (Å²) in [5.74, 6) is 0.605. The predicted molar refractivity (Wildman–Crippen MR) is 87.3 cm³/mol. The van der Waals surface area contributed by atoms with Crippen LogP contribution < -0.4 is 10.6 Å². The summed E-state index contributed by atoms with van der Waals surface area (Å²) in [6.45, 7) is 3.84. The molecule has 0 aliphatic carbocycles. The summed E-state index contributed by atoms with van der Waals surface area (Å²) in [7, 11) is 0. The van der Waals surface area contributed by atoms with E-state index in [-0.39, 0.29) is 0 Å². The minimum absolute atomic E-state index is 0.521. The van der Waals surface area contributed by atoms with E-state index in [9.17, 15) is 5.11 Å². The van der Waals surface area contributed by atoms with Crippen LogP contribution in [0.15, 0.2) is 48.5 Å². The fourth-order valence-corrected chi connectivity index (χ4v) is 3.16. The second-order valence-electron chi connectivity index (χ2n) is 6.03. The average molecular weight is 282 g/mol. The summed E-state index contributed by atoms with van der Waals surface area (Å²) in [5.41, 5.74) is 10.00. The standard InChI is InChI=1S/C18H22N2O/c1-13-9-14-5-2-3-8-17(14)20(11-13)12-18(21)15-6-4-7-16(19)10-15/h2-8,10,13,18,21H,9,11-12,19H2,1H3. The van der Waals surface area contributed by atoms with Crippen molar-refractivity contribution in [1.29, 1.82) is 0 Å². The molecule has 0 aromatic heterocycles. The molecule has 110 valence electrons. The Kier molecular flexibility index (Phi) is 3.84. The number of nitrogens with two attached hydrogens (primary N) is 1. The molecule has 2 aromatic carbocycles. The molecule has 3 heteroatoms. The first-order valence-electron chi connectivity index (χ1n) is 7.50. The third kappa shape index (κ3) is 3.03. The third-order valence-electron chi connectivity index (χ3n) is 4.12. The van der Waals surface area contributed by atoms with Crippen molar-refractivity contribution in [3.8, 4) is 0 Å². The lowest BCUT2D eigenvalue weighted by atomic mass is 9.93. The van der Waals surface area contributed by atoms with Crippen molar-refractivity contribution < 1.29 is 5.11 Å². The van der Waals surface area contributed by atoms with Crippen molar-refractivity contribution in [2.24, 2.45) is 5.92 Å². The highest BCUT2D eigenvalue weighted by Crippen LogP contribution is 2.31. The van der Waals surface area contributed by atoms with Gasteiger partial charge in [0.2, 0.25) is 0 Å². The fraction of sp³-hybridized carbons (Fsp3) is 0.333. The van der Waals surface area contributed by atoms with Gasteiger partial charge in [0.1, 0.15) is 0 Å². The molecule has 1 aliphatic heterocycles. The van der Waals surface area contributed by atoms with Crippen LogP contribution in [-0.4, -0.2) is 18.2 Å². The van der Waals surface area contributed by atoms with E-state index >= 15 is 0 Å². The van der Waals surface area contributed by atoms with E-state index in [1.807, 2.05) is 24.3 Å². The molecular weight excluding hydrogens is 260 g/mol. The van der Waals surface area contributed by atoms with Crippen molar-refractivity contribution >= 4 is 11.4 Å². The van der Waals surface area contributed by atoms with Crippen LogP contribution in [0.4, 0.5) is 11.4 Å². The summed E-state index contributed by atoms with van der Waals surface area (Å²) >= 11 is 0. The van der Waals surface area contributed by atoms with Gasteiger partial charge in [0.05, 0.1) is 6.10 Å². The van der Waals surface area contributed by atoms with Crippen LogP contribution in [0.3, 0.4) is 0 Å². The molecule has 0 saturated carbocycles. The summed E-state index contributed by atoms with van der Waals surface area (Å²) in [5, 5.41) is 10.5. The molecule has 0 bridgehead atoms.